The molecule has 2 N–H and O–H groups in total. The Kier molecular flexibility index (Phi) is 4.81. The maximum Gasteiger partial charge on any atom is 0.125 e. The number of aliphatic hydroxyl groups excluding tert-OH is 1. The zero-order chi connectivity index (χ0) is 13.7. The van der Waals surface area contributed by atoms with Crippen molar-refractivity contribution < 1.29 is 9.50 Å². The molecule has 0 heterocycles. The Balaban J connectivity index is 2.15. The second-order valence-electron chi connectivity index (χ2n) is 5.85. The molecule has 3 heteroatoms. The van der Waals surface area contributed by atoms with Gasteiger partial charge in [-0.2, -0.15) is 0 Å². The Labute approximate surface area is 115 Å². The molecule has 0 bridgehead atoms. The van der Waals surface area contributed by atoms with Gasteiger partial charge in [-0.25, -0.2) is 4.39 Å². The van der Waals surface area contributed by atoms with E-state index in [1.54, 1.807) is 0 Å². The van der Waals surface area contributed by atoms with E-state index in [-0.39, 0.29) is 18.0 Å². The van der Waals surface area contributed by atoms with Crippen LogP contribution in [0.25, 0.3) is 0 Å². The van der Waals surface area contributed by atoms with E-state index in [0.717, 1.165) is 36.9 Å². The normalized spacial score (nSPS) is 19.5. The van der Waals surface area contributed by atoms with Crippen molar-refractivity contribution in [2.45, 2.75) is 57.4 Å². The summed E-state index contributed by atoms with van der Waals surface area (Å²) >= 11 is 0. The highest BCUT2D eigenvalue weighted by Gasteiger charge is 2.29. The summed E-state index contributed by atoms with van der Waals surface area (Å²) in [4.78, 5) is 0. The SMILES string of the molecule is Cc1cc(F)cc(NC2(CO)CCCCCCC2)c1. The van der Waals surface area contributed by atoms with Gasteiger partial charge in [-0.05, 0) is 43.5 Å². The molecule has 1 aromatic carbocycles. The maximum atomic E-state index is 13.5. The number of hydrogen-bond acceptors (Lipinski definition) is 2. The fourth-order valence-electron chi connectivity index (χ4n) is 3.02. The molecule has 2 nitrogen and oxygen atoms in total. The fraction of sp³-hybridized carbons (Fsp3) is 0.625. The average Bonchev–Trinajstić information content (AvgIpc) is 2.31. The highest BCUT2D eigenvalue weighted by atomic mass is 19.1. The van der Waals surface area contributed by atoms with E-state index in [1.165, 1.54) is 31.4 Å². The summed E-state index contributed by atoms with van der Waals surface area (Å²) < 4.78 is 13.5. The van der Waals surface area contributed by atoms with E-state index in [0.29, 0.717) is 0 Å². The minimum absolute atomic E-state index is 0.114. The quantitative estimate of drug-likeness (QED) is 0.865. The third kappa shape index (κ3) is 3.93. The number of benzene rings is 1. The topological polar surface area (TPSA) is 32.3 Å². The van der Waals surface area contributed by atoms with Crippen LogP contribution in [-0.4, -0.2) is 17.3 Å². The van der Waals surface area contributed by atoms with Crippen LogP contribution in [0.4, 0.5) is 10.1 Å². The summed E-state index contributed by atoms with van der Waals surface area (Å²) in [5.74, 6) is -0.221. The molecule has 0 atom stereocenters. The zero-order valence-electron chi connectivity index (χ0n) is 11.7. The van der Waals surface area contributed by atoms with Crippen molar-refractivity contribution >= 4 is 5.69 Å². The van der Waals surface area contributed by atoms with Crippen LogP contribution >= 0.6 is 0 Å². The van der Waals surface area contributed by atoms with Gasteiger partial charge < -0.3 is 10.4 Å². The predicted molar refractivity (Wildman–Crippen MR) is 76.9 cm³/mol. The molecule has 0 spiro atoms. The van der Waals surface area contributed by atoms with Crippen LogP contribution in [0.3, 0.4) is 0 Å². The predicted octanol–water partition coefficient (Wildman–Crippen LogP) is 4.02. The van der Waals surface area contributed by atoms with E-state index in [9.17, 15) is 9.50 Å². The van der Waals surface area contributed by atoms with Crippen molar-refractivity contribution in [3.8, 4) is 0 Å². The Morgan fingerprint density at radius 3 is 2.32 bits per heavy atom. The van der Waals surface area contributed by atoms with Gasteiger partial charge in [0, 0.05) is 5.69 Å². The molecule has 0 aliphatic heterocycles. The lowest BCUT2D eigenvalue weighted by Crippen LogP contribution is -2.42. The Bertz CT molecular complexity index is 391. The first kappa shape index (κ1) is 14.3. The first-order valence-electron chi connectivity index (χ1n) is 7.30. The Hall–Kier alpha value is -1.09. The van der Waals surface area contributed by atoms with Gasteiger partial charge in [0.05, 0.1) is 12.1 Å². The Morgan fingerprint density at radius 2 is 1.74 bits per heavy atom. The highest BCUT2D eigenvalue weighted by Crippen LogP contribution is 2.30. The van der Waals surface area contributed by atoms with Crippen LogP contribution in [-0.2, 0) is 0 Å². The smallest absolute Gasteiger partial charge is 0.125 e. The van der Waals surface area contributed by atoms with Crippen LogP contribution in [0.5, 0.6) is 0 Å². The van der Waals surface area contributed by atoms with Crippen molar-refractivity contribution in [2.75, 3.05) is 11.9 Å². The van der Waals surface area contributed by atoms with Crippen molar-refractivity contribution in [1.82, 2.24) is 0 Å². The van der Waals surface area contributed by atoms with Gasteiger partial charge in [0.1, 0.15) is 5.82 Å². The maximum absolute atomic E-state index is 13.5. The van der Waals surface area contributed by atoms with Crippen molar-refractivity contribution in [2.24, 2.45) is 0 Å². The minimum atomic E-state index is -0.277. The number of halogens is 1. The standard InChI is InChI=1S/C16H24FNO/c1-13-9-14(17)11-15(10-13)18-16(12-19)7-5-3-2-4-6-8-16/h9-11,18-19H,2-8,12H2,1H3. The van der Waals surface area contributed by atoms with E-state index < -0.39 is 0 Å². The summed E-state index contributed by atoms with van der Waals surface area (Å²) in [6, 6.07) is 4.98. The van der Waals surface area contributed by atoms with Crippen molar-refractivity contribution in [3.63, 3.8) is 0 Å². The number of rotatable bonds is 3. The molecule has 1 aromatic rings. The monoisotopic (exact) mass is 265 g/mol. The number of aryl methyl sites for hydroxylation is 1. The summed E-state index contributed by atoms with van der Waals surface area (Å²) in [7, 11) is 0. The molecule has 106 valence electrons. The lowest BCUT2D eigenvalue weighted by atomic mass is 9.84. The number of nitrogens with one attached hydrogen (secondary N) is 1. The lowest BCUT2D eigenvalue weighted by molar-refractivity contribution is 0.182. The average molecular weight is 265 g/mol. The first-order valence-corrected chi connectivity index (χ1v) is 7.30. The third-order valence-corrected chi connectivity index (χ3v) is 4.06. The van der Waals surface area contributed by atoms with Gasteiger partial charge in [-0.1, -0.05) is 32.1 Å². The van der Waals surface area contributed by atoms with Gasteiger partial charge in [-0.15, -0.1) is 0 Å². The molecule has 1 aliphatic carbocycles. The van der Waals surface area contributed by atoms with Gasteiger partial charge in [0.25, 0.3) is 0 Å². The summed E-state index contributed by atoms with van der Waals surface area (Å²) in [6.45, 7) is 2.00. The molecule has 2 rings (SSSR count). The molecule has 1 fully saturated rings. The van der Waals surface area contributed by atoms with Crippen LogP contribution in [0.2, 0.25) is 0 Å². The van der Waals surface area contributed by atoms with Crippen LogP contribution in [0, 0.1) is 12.7 Å². The molecular formula is C16H24FNO. The molecule has 0 amide bonds. The fourth-order valence-corrected chi connectivity index (χ4v) is 3.02. The minimum Gasteiger partial charge on any atom is -0.394 e. The van der Waals surface area contributed by atoms with Gasteiger partial charge in [0.2, 0.25) is 0 Å². The van der Waals surface area contributed by atoms with Crippen molar-refractivity contribution in [1.29, 1.82) is 0 Å². The van der Waals surface area contributed by atoms with Gasteiger partial charge >= 0.3 is 0 Å². The first-order chi connectivity index (χ1) is 9.13. The highest BCUT2D eigenvalue weighted by molar-refractivity contribution is 5.48. The van der Waals surface area contributed by atoms with E-state index in [4.69, 9.17) is 0 Å². The zero-order valence-corrected chi connectivity index (χ0v) is 11.7. The molecule has 0 unspecified atom stereocenters. The summed E-state index contributed by atoms with van der Waals surface area (Å²) in [5.41, 5.74) is 1.41. The third-order valence-electron chi connectivity index (χ3n) is 4.06. The second kappa shape index (κ2) is 6.38. The number of aliphatic hydroxyl groups is 1. The molecule has 0 aromatic heterocycles. The van der Waals surface area contributed by atoms with E-state index in [1.807, 2.05) is 13.0 Å². The van der Waals surface area contributed by atoms with Crippen LogP contribution in [0.15, 0.2) is 18.2 Å². The number of anilines is 1. The van der Waals surface area contributed by atoms with Crippen molar-refractivity contribution in [3.05, 3.63) is 29.6 Å². The molecule has 0 saturated heterocycles. The molecule has 1 saturated carbocycles. The van der Waals surface area contributed by atoms with E-state index in [2.05, 4.69) is 5.32 Å². The molecule has 1 aliphatic rings. The molecule has 19 heavy (non-hydrogen) atoms. The lowest BCUT2D eigenvalue weighted by Gasteiger charge is -2.36. The molecular weight excluding hydrogens is 241 g/mol. The van der Waals surface area contributed by atoms with Crippen LogP contribution < -0.4 is 5.32 Å². The van der Waals surface area contributed by atoms with Gasteiger partial charge in [0.15, 0.2) is 0 Å². The van der Waals surface area contributed by atoms with E-state index >= 15 is 0 Å². The second-order valence-corrected chi connectivity index (χ2v) is 5.85. The number of hydrogen-bond donors (Lipinski definition) is 2. The largest absolute Gasteiger partial charge is 0.394 e. The summed E-state index contributed by atoms with van der Waals surface area (Å²) in [5, 5.41) is 13.2. The van der Waals surface area contributed by atoms with Gasteiger partial charge in [-0.3, -0.25) is 0 Å². The summed E-state index contributed by atoms with van der Waals surface area (Å²) in [6.07, 6.45) is 7.92. The molecule has 0 radical (unpaired) electrons. The van der Waals surface area contributed by atoms with Crippen LogP contribution in [0.1, 0.15) is 50.5 Å². The Morgan fingerprint density at radius 1 is 1.11 bits per heavy atom.